The molecule has 0 aliphatic carbocycles. The van der Waals surface area contributed by atoms with Crippen molar-refractivity contribution in [1.82, 2.24) is 15.5 Å². The van der Waals surface area contributed by atoms with Gasteiger partial charge in [-0.25, -0.2) is 0 Å². The van der Waals surface area contributed by atoms with Crippen LogP contribution in [0.15, 0.2) is 34.9 Å². The number of hydrogen-bond acceptors (Lipinski definition) is 4. The van der Waals surface area contributed by atoms with E-state index in [9.17, 15) is 0 Å². The summed E-state index contributed by atoms with van der Waals surface area (Å²) < 4.78 is 5.09. The minimum Gasteiger partial charge on any atom is -0.338 e. The van der Waals surface area contributed by atoms with Crippen molar-refractivity contribution in [1.29, 1.82) is 0 Å². The van der Waals surface area contributed by atoms with Crippen LogP contribution < -0.4 is 5.32 Å². The minimum absolute atomic E-state index is 0.496. The lowest BCUT2D eigenvalue weighted by atomic mass is 10.1. The number of terminal acetylenes is 1. The fourth-order valence-corrected chi connectivity index (χ4v) is 1.45. The highest BCUT2D eigenvalue weighted by Gasteiger charge is 2.05. The summed E-state index contributed by atoms with van der Waals surface area (Å²) in [5.74, 6) is 3.73. The first-order valence-corrected chi connectivity index (χ1v) is 5.38. The molecule has 0 aliphatic heterocycles. The molecule has 1 heterocycles. The van der Waals surface area contributed by atoms with Gasteiger partial charge in [-0.15, -0.1) is 6.42 Å². The first kappa shape index (κ1) is 11.4. The maximum Gasteiger partial charge on any atom is 0.240 e. The zero-order chi connectivity index (χ0) is 11.9. The summed E-state index contributed by atoms with van der Waals surface area (Å²) >= 11 is 0. The monoisotopic (exact) mass is 227 g/mol. The van der Waals surface area contributed by atoms with E-state index in [1.165, 1.54) is 0 Å². The molecular formula is C13H13N3O. The Bertz CT molecular complexity index is 499. The van der Waals surface area contributed by atoms with Crippen LogP contribution in [-0.2, 0) is 13.0 Å². The fraction of sp³-hybridized carbons (Fsp3) is 0.231. The fourth-order valence-electron chi connectivity index (χ4n) is 1.45. The lowest BCUT2D eigenvalue weighted by Crippen LogP contribution is -2.13. The minimum atomic E-state index is 0.496. The topological polar surface area (TPSA) is 51.0 Å². The number of hydrogen-bond donors (Lipinski definition) is 1. The van der Waals surface area contributed by atoms with Crippen molar-refractivity contribution in [2.75, 3.05) is 6.54 Å². The van der Waals surface area contributed by atoms with E-state index in [-0.39, 0.29) is 0 Å². The third kappa shape index (κ3) is 3.44. The van der Waals surface area contributed by atoms with Crippen molar-refractivity contribution in [2.24, 2.45) is 0 Å². The van der Waals surface area contributed by atoms with Crippen LogP contribution in [0.1, 0.15) is 17.3 Å². The third-order valence-electron chi connectivity index (χ3n) is 2.22. The first-order chi connectivity index (χ1) is 8.38. The Hall–Kier alpha value is -2.12. The molecule has 0 saturated heterocycles. The number of benzene rings is 1. The van der Waals surface area contributed by atoms with Crippen molar-refractivity contribution in [3.05, 3.63) is 47.6 Å². The molecule has 86 valence electrons. The van der Waals surface area contributed by atoms with Crippen molar-refractivity contribution < 1.29 is 4.52 Å². The molecule has 4 nitrogen and oxygen atoms in total. The summed E-state index contributed by atoms with van der Waals surface area (Å²) in [7, 11) is 0. The molecule has 1 aromatic heterocycles. The molecule has 0 spiro atoms. The molecule has 0 unspecified atom stereocenters. The van der Waals surface area contributed by atoms with Gasteiger partial charge >= 0.3 is 0 Å². The van der Waals surface area contributed by atoms with Gasteiger partial charge in [0.2, 0.25) is 5.89 Å². The average Bonchev–Trinajstić information content (AvgIpc) is 2.79. The van der Waals surface area contributed by atoms with Gasteiger partial charge in [0.25, 0.3) is 0 Å². The van der Waals surface area contributed by atoms with Crippen LogP contribution in [0.3, 0.4) is 0 Å². The van der Waals surface area contributed by atoms with Gasteiger partial charge < -0.3 is 4.52 Å². The molecule has 0 radical (unpaired) electrons. The summed E-state index contributed by atoms with van der Waals surface area (Å²) in [5, 5.41) is 6.91. The summed E-state index contributed by atoms with van der Waals surface area (Å²) in [4.78, 5) is 4.27. The van der Waals surface area contributed by atoms with Crippen LogP contribution in [-0.4, -0.2) is 16.7 Å². The Balaban J connectivity index is 1.93. The zero-order valence-electron chi connectivity index (χ0n) is 9.39. The van der Waals surface area contributed by atoms with Gasteiger partial charge in [0.05, 0.1) is 13.1 Å². The SMILES string of the molecule is C#CCNCc1nc(Cc2ccccc2)no1. The van der Waals surface area contributed by atoms with Gasteiger partial charge in [-0.1, -0.05) is 41.4 Å². The molecule has 0 aliphatic rings. The Labute approximate surface area is 100 Å². The molecule has 0 fully saturated rings. The number of nitrogens with one attached hydrogen (secondary N) is 1. The zero-order valence-corrected chi connectivity index (χ0v) is 9.39. The summed E-state index contributed by atoms with van der Waals surface area (Å²) in [6, 6.07) is 10.0. The Kier molecular flexibility index (Phi) is 3.90. The molecular weight excluding hydrogens is 214 g/mol. The van der Waals surface area contributed by atoms with Crippen molar-refractivity contribution in [2.45, 2.75) is 13.0 Å². The summed E-state index contributed by atoms with van der Waals surface area (Å²) in [5.41, 5.74) is 1.16. The second kappa shape index (κ2) is 5.83. The van der Waals surface area contributed by atoms with Crippen LogP contribution >= 0.6 is 0 Å². The molecule has 4 heteroatoms. The highest BCUT2D eigenvalue weighted by Crippen LogP contribution is 2.06. The maximum absolute atomic E-state index is 5.12. The standard InChI is InChI=1S/C13H13N3O/c1-2-8-14-10-13-15-12(16-17-13)9-11-6-4-3-5-7-11/h1,3-7,14H,8-10H2. The molecule has 17 heavy (non-hydrogen) atoms. The lowest BCUT2D eigenvalue weighted by Gasteiger charge is -1.94. The van der Waals surface area contributed by atoms with Crippen LogP contribution in [0, 0.1) is 12.3 Å². The third-order valence-corrected chi connectivity index (χ3v) is 2.22. The van der Waals surface area contributed by atoms with E-state index in [0.29, 0.717) is 31.2 Å². The van der Waals surface area contributed by atoms with Crippen molar-refractivity contribution in [3.8, 4) is 12.3 Å². The number of rotatable bonds is 5. The summed E-state index contributed by atoms with van der Waals surface area (Å²) in [6.45, 7) is 1.00. The van der Waals surface area contributed by atoms with Crippen molar-refractivity contribution in [3.63, 3.8) is 0 Å². The average molecular weight is 227 g/mol. The van der Waals surface area contributed by atoms with E-state index in [4.69, 9.17) is 10.9 Å². The van der Waals surface area contributed by atoms with Crippen LogP contribution in [0.5, 0.6) is 0 Å². The molecule has 0 bridgehead atoms. The van der Waals surface area contributed by atoms with Crippen molar-refractivity contribution >= 4 is 0 Å². The maximum atomic E-state index is 5.12. The van der Waals surface area contributed by atoms with Crippen LogP contribution in [0.2, 0.25) is 0 Å². The van der Waals surface area contributed by atoms with Gasteiger partial charge in [0.15, 0.2) is 5.82 Å². The molecule has 0 amide bonds. The number of nitrogens with zero attached hydrogens (tertiary/aromatic N) is 2. The van der Waals surface area contributed by atoms with Crippen LogP contribution in [0.25, 0.3) is 0 Å². The molecule has 2 aromatic rings. The summed E-state index contributed by atoms with van der Waals surface area (Å²) in [6.07, 6.45) is 5.80. The predicted molar refractivity (Wildman–Crippen MR) is 64.1 cm³/mol. The van der Waals surface area contributed by atoms with Gasteiger partial charge in [-0.2, -0.15) is 4.98 Å². The molecule has 2 rings (SSSR count). The largest absolute Gasteiger partial charge is 0.338 e. The van der Waals surface area contributed by atoms with Gasteiger partial charge in [0, 0.05) is 6.42 Å². The van der Waals surface area contributed by atoms with E-state index in [1.807, 2.05) is 30.3 Å². The number of aromatic nitrogens is 2. The Morgan fingerprint density at radius 1 is 1.29 bits per heavy atom. The molecule has 0 atom stereocenters. The van der Waals surface area contributed by atoms with Gasteiger partial charge in [-0.3, -0.25) is 5.32 Å². The normalized spacial score (nSPS) is 10.1. The quantitative estimate of drug-likeness (QED) is 0.619. The van der Waals surface area contributed by atoms with Gasteiger partial charge in [-0.05, 0) is 5.56 Å². The highest BCUT2D eigenvalue weighted by molar-refractivity contribution is 5.18. The van der Waals surface area contributed by atoms with E-state index in [2.05, 4.69) is 21.4 Å². The van der Waals surface area contributed by atoms with E-state index in [0.717, 1.165) is 5.56 Å². The van der Waals surface area contributed by atoms with E-state index < -0.39 is 0 Å². The smallest absolute Gasteiger partial charge is 0.240 e. The molecule has 0 saturated carbocycles. The van der Waals surface area contributed by atoms with E-state index in [1.54, 1.807) is 0 Å². The molecule has 1 aromatic carbocycles. The van der Waals surface area contributed by atoms with E-state index >= 15 is 0 Å². The van der Waals surface area contributed by atoms with Gasteiger partial charge in [0.1, 0.15) is 0 Å². The Morgan fingerprint density at radius 2 is 2.12 bits per heavy atom. The predicted octanol–water partition coefficient (Wildman–Crippen LogP) is 1.38. The van der Waals surface area contributed by atoms with Crippen LogP contribution in [0.4, 0.5) is 0 Å². The first-order valence-electron chi connectivity index (χ1n) is 5.38. The lowest BCUT2D eigenvalue weighted by molar-refractivity contribution is 0.366. The Morgan fingerprint density at radius 3 is 2.88 bits per heavy atom. The second-order valence-electron chi connectivity index (χ2n) is 3.57. The highest BCUT2D eigenvalue weighted by atomic mass is 16.5. The molecule has 1 N–H and O–H groups in total. The second-order valence-corrected chi connectivity index (χ2v) is 3.57.